The number of amides is 1. The number of carbonyl (C=O) groups excluding carboxylic acids is 1. The van der Waals surface area contributed by atoms with Gasteiger partial charge in [0.2, 0.25) is 5.91 Å². The number of likely N-dealkylation sites (tertiary alicyclic amines) is 1. The van der Waals surface area contributed by atoms with Gasteiger partial charge in [-0.3, -0.25) is 9.59 Å². The summed E-state index contributed by atoms with van der Waals surface area (Å²) in [6.07, 6.45) is 3.49. The fourth-order valence-electron chi connectivity index (χ4n) is 4.31. The van der Waals surface area contributed by atoms with Crippen molar-refractivity contribution in [3.8, 4) is 11.4 Å². The Morgan fingerprint density at radius 1 is 1.19 bits per heavy atom. The number of benzene rings is 1. The second kappa shape index (κ2) is 6.68. The van der Waals surface area contributed by atoms with Crippen LogP contribution in [0.3, 0.4) is 0 Å². The van der Waals surface area contributed by atoms with Crippen molar-refractivity contribution in [1.82, 2.24) is 14.9 Å². The van der Waals surface area contributed by atoms with Gasteiger partial charge in [-0.05, 0) is 25.7 Å². The molecule has 2 aliphatic rings. The fraction of sp³-hybridized carbons (Fsp3) is 0.450. The number of aliphatic hydroxyl groups is 1. The zero-order valence-corrected chi connectivity index (χ0v) is 14.7. The van der Waals surface area contributed by atoms with Crippen molar-refractivity contribution in [2.45, 2.75) is 37.5 Å². The van der Waals surface area contributed by atoms with Gasteiger partial charge in [0.05, 0.1) is 12.3 Å². The highest BCUT2D eigenvalue weighted by Gasteiger charge is 2.44. The van der Waals surface area contributed by atoms with Gasteiger partial charge in [0, 0.05) is 36.1 Å². The van der Waals surface area contributed by atoms with E-state index in [0.29, 0.717) is 18.9 Å². The molecule has 2 aromatic rings. The number of piperidine rings is 1. The smallest absolute Gasteiger partial charge is 0.254 e. The number of hydrogen-bond donors (Lipinski definition) is 2. The number of rotatable bonds is 3. The van der Waals surface area contributed by atoms with E-state index in [1.165, 1.54) is 0 Å². The van der Waals surface area contributed by atoms with Crippen LogP contribution in [-0.4, -0.2) is 45.6 Å². The molecule has 6 heteroatoms. The molecule has 0 atom stereocenters. The topological polar surface area (TPSA) is 86.3 Å². The van der Waals surface area contributed by atoms with Crippen LogP contribution in [-0.2, 0) is 16.6 Å². The maximum Gasteiger partial charge on any atom is 0.254 e. The second-order valence-electron chi connectivity index (χ2n) is 7.24. The van der Waals surface area contributed by atoms with E-state index in [9.17, 15) is 9.59 Å². The monoisotopic (exact) mass is 353 g/mol. The predicted molar refractivity (Wildman–Crippen MR) is 97.8 cm³/mol. The van der Waals surface area contributed by atoms with Crippen molar-refractivity contribution in [2.24, 2.45) is 0 Å². The number of fused-ring (bicyclic) bond motifs is 2. The Morgan fingerprint density at radius 3 is 2.62 bits per heavy atom. The standard InChI is InChI=1S/C20H23N3O3/c24-13-7-16(25)23-11-9-20(10-12-23)8-6-15-17(20)21-18(22-19(15)26)14-4-2-1-3-5-14/h1-5,24H,6-13H2,(H,21,22,26). The Labute approximate surface area is 151 Å². The van der Waals surface area contributed by atoms with Crippen molar-refractivity contribution in [1.29, 1.82) is 0 Å². The molecule has 0 unspecified atom stereocenters. The van der Waals surface area contributed by atoms with Gasteiger partial charge in [-0.2, -0.15) is 0 Å². The molecule has 1 aliphatic heterocycles. The van der Waals surface area contributed by atoms with Crippen molar-refractivity contribution in [2.75, 3.05) is 19.7 Å². The molecular weight excluding hydrogens is 330 g/mol. The molecule has 26 heavy (non-hydrogen) atoms. The summed E-state index contributed by atoms with van der Waals surface area (Å²) in [6, 6.07) is 9.70. The molecule has 1 spiro atoms. The van der Waals surface area contributed by atoms with E-state index in [2.05, 4.69) is 4.98 Å². The maximum absolute atomic E-state index is 12.6. The number of H-pyrrole nitrogens is 1. The summed E-state index contributed by atoms with van der Waals surface area (Å²) in [5.41, 5.74) is 2.49. The summed E-state index contributed by atoms with van der Waals surface area (Å²) in [6.45, 7) is 1.21. The summed E-state index contributed by atoms with van der Waals surface area (Å²) >= 11 is 0. The first-order chi connectivity index (χ1) is 12.6. The van der Waals surface area contributed by atoms with E-state index in [4.69, 9.17) is 10.1 Å². The van der Waals surface area contributed by atoms with Crippen LogP contribution in [0.5, 0.6) is 0 Å². The van der Waals surface area contributed by atoms with E-state index in [0.717, 1.165) is 42.5 Å². The van der Waals surface area contributed by atoms with Crippen LogP contribution in [0.2, 0.25) is 0 Å². The molecule has 6 nitrogen and oxygen atoms in total. The maximum atomic E-state index is 12.6. The molecule has 1 aromatic carbocycles. The molecule has 1 fully saturated rings. The minimum Gasteiger partial charge on any atom is -0.396 e. The first-order valence-electron chi connectivity index (χ1n) is 9.21. The summed E-state index contributed by atoms with van der Waals surface area (Å²) in [5, 5.41) is 8.98. The lowest BCUT2D eigenvalue weighted by atomic mass is 9.76. The van der Waals surface area contributed by atoms with Gasteiger partial charge >= 0.3 is 0 Å². The summed E-state index contributed by atoms with van der Waals surface area (Å²) in [5.74, 6) is 0.624. The molecule has 1 aliphatic carbocycles. The van der Waals surface area contributed by atoms with Crippen molar-refractivity contribution in [3.05, 3.63) is 51.9 Å². The fourth-order valence-corrected chi connectivity index (χ4v) is 4.31. The number of nitrogens with one attached hydrogen (secondary N) is 1. The highest BCUT2D eigenvalue weighted by Crippen LogP contribution is 2.44. The molecule has 1 amide bonds. The van der Waals surface area contributed by atoms with E-state index in [1.54, 1.807) is 0 Å². The van der Waals surface area contributed by atoms with Gasteiger partial charge < -0.3 is 15.0 Å². The Hall–Kier alpha value is -2.47. The van der Waals surface area contributed by atoms with Crippen LogP contribution in [0.25, 0.3) is 11.4 Å². The first kappa shape index (κ1) is 17.0. The van der Waals surface area contributed by atoms with Gasteiger partial charge in [-0.25, -0.2) is 4.98 Å². The van der Waals surface area contributed by atoms with Gasteiger partial charge in [0.25, 0.3) is 5.56 Å². The minimum absolute atomic E-state index is 0.00409. The molecule has 136 valence electrons. The number of aliphatic hydroxyl groups excluding tert-OH is 1. The molecule has 0 bridgehead atoms. The second-order valence-corrected chi connectivity index (χ2v) is 7.24. The van der Waals surface area contributed by atoms with Crippen LogP contribution in [0.1, 0.15) is 36.9 Å². The van der Waals surface area contributed by atoms with E-state index >= 15 is 0 Å². The summed E-state index contributed by atoms with van der Waals surface area (Å²) < 4.78 is 0. The summed E-state index contributed by atoms with van der Waals surface area (Å²) in [7, 11) is 0. The molecule has 4 rings (SSSR count). The van der Waals surface area contributed by atoms with E-state index in [-0.39, 0.29) is 29.9 Å². The molecule has 2 N–H and O–H groups in total. The average Bonchev–Trinajstić information content (AvgIpc) is 3.02. The Balaban J connectivity index is 1.65. The predicted octanol–water partition coefficient (Wildman–Crippen LogP) is 1.63. The lowest BCUT2D eigenvalue weighted by Crippen LogP contribution is -2.45. The van der Waals surface area contributed by atoms with Crippen LogP contribution >= 0.6 is 0 Å². The van der Waals surface area contributed by atoms with Crippen molar-refractivity contribution in [3.63, 3.8) is 0 Å². The highest BCUT2D eigenvalue weighted by molar-refractivity contribution is 5.76. The average molecular weight is 353 g/mol. The zero-order chi connectivity index (χ0) is 18.1. The number of hydrogen-bond acceptors (Lipinski definition) is 4. The van der Waals surface area contributed by atoms with Gasteiger partial charge in [-0.1, -0.05) is 30.3 Å². The molecular formula is C20H23N3O3. The van der Waals surface area contributed by atoms with Crippen LogP contribution in [0.4, 0.5) is 0 Å². The van der Waals surface area contributed by atoms with Crippen LogP contribution in [0.15, 0.2) is 35.1 Å². The summed E-state index contributed by atoms with van der Waals surface area (Å²) in [4.78, 5) is 34.3. The number of aromatic nitrogens is 2. The minimum atomic E-state index is -0.110. The third kappa shape index (κ3) is 2.84. The van der Waals surface area contributed by atoms with Gasteiger partial charge in [0.15, 0.2) is 0 Å². The van der Waals surface area contributed by atoms with Crippen LogP contribution in [0, 0.1) is 0 Å². The normalized spacial score (nSPS) is 18.1. The quantitative estimate of drug-likeness (QED) is 0.878. The molecule has 0 radical (unpaired) electrons. The third-order valence-electron chi connectivity index (χ3n) is 5.82. The number of nitrogens with zero attached hydrogens (tertiary/aromatic N) is 2. The number of aromatic amines is 1. The first-order valence-corrected chi connectivity index (χ1v) is 9.21. The molecule has 1 saturated heterocycles. The van der Waals surface area contributed by atoms with Gasteiger partial charge in [0.1, 0.15) is 5.82 Å². The largest absolute Gasteiger partial charge is 0.396 e. The Bertz CT molecular complexity index is 868. The van der Waals surface area contributed by atoms with E-state index in [1.807, 2.05) is 35.2 Å². The number of carbonyl (C=O) groups is 1. The van der Waals surface area contributed by atoms with E-state index < -0.39 is 0 Å². The van der Waals surface area contributed by atoms with Crippen molar-refractivity contribution >= 4 is 5.91 Å². The lowest BCUT2D eigenvalue weighted by Gasteiger charge is -2.39. The van der Waals surface area contributed by atoms with Crippen molar-refractivity contribution < 1.29 is 9.90 Å². The Morgan fingerprint density at radius 2 is 1.92 bits per heavy atom. The SMILES string of the molecule is O=C(CCO)N1CCC2(CCc3c2nc(-c2ccccc2)[nH]c3=O)CC1. The molecule has 1 aromatic heterocycles. The third-order valence-corrected chi connectivity index (χ3v) is 5.82. The highest BCUT2D eigenvalue weighted by atomic mass is 16.3. The lowest BCUT2D eigenvalue weighted by molar-refractivity contribution is -0.133. The Kier molecular flexibility index (Phi) is 4.36. The molecule has 0 saturated carbocycles. The van der Waals surface area contributed by atoms with Crippen LogP contribution < -0.4 is 5.56 Å². The van der Waals surface area contributed by atoms with Gasteiger partial charge in [-0.15, -0.1) is 0 Å². The molecule has 2 heterocycles. The zero-order valence-electron chi connectivity index (χ0n) is 14.7.